The van der Waals surface area contributed by atoms with Crippen LogP contribution >= 0.6 is 11.3 Å². The zero-order valence-electron chi connectivity index (χ0n) is 12.1. The fraction of sp³-hybridized carbons (Fsp3) is 0.312. The highest BCUT2D eigenvalue weighted by Crippen LogP contribution is 2.19. The monoisotopic (exact) mass is 288 g/mol. The maximum Gasteiger partial charge on any atom is 0.254 e. The van der Waals surface area contributed by atoms with Gasteiger partial charge < -0.3 is 10.2 Å². The van der Waals surface area contributed by atoms with Crippen LogP contribution in [0.2, 0.25) is 0 Å². The first-order valence-electron chi connectivity index (χ1n) is 6.75. The van der Waals surface area contributed by atoms with E-state index in [9.17, 15) is 4.79 Å². The van der Waals surface area contributed by atoms with E-state index in [1.54, 1.807) is 11.3 Å². The number of nitrogens with zero attached hydrogens (tertiary/aromatic N) is 1. The Morgan fingerprint density at radius 1 is 1.35 bits per heavy atom. The standard InChI is InChI=1S/C16H20N2OS/c1-4-18(11-14-6-5-9-20-14)16(19)13-7-8-15(17-3)12(2)10-13/h5-10,17H,4,11H2,1-3H3. The van der Waals surface area contributed by atoms with E-state index in [2.05, 4.69) is 11.4 Å². The number of amides is 1. The molecule has 1 heterocycles. The Labute approximate surface area is 124 Å². The summed E-state index contributed by atoms with van der Waals surface area (Å²) in [4.78, 5) is 15.7. The summed E-state index contributed by atoms with van der Waals surface area (Å²) in [6, 6.07) is 9.88. The van der Waals surface area contributed by atoms with Crippen LogP contribution in [-0.4, -0.2) is 24.4 Å². The van der Waals surface area contributed by atoms with Gasteiger partial charge in [0.15, 0.2) is 0 Å². The zero-order valence-corrected chi connectivity index (χ0v) is 13.0. The van der Waals surface area contributed by atoms with E-state index in [4.69, 9.17) is 0 Å². The van der Waals surface area contributed by atoms with Gasteiger partial charge in [0.05, 0.1) is 6.54 Å². The van der Waals surface area contributed by atoms with E-state index >= 15 is 0 Å². The van der Waals surface area contributed by atoms with E-state index in [0.29, 0.717) is 13.1 Å². The Morgan fingerprint density at radius 2 is 2.15 bits per heavy atom. The van der Waals surface area contributed by atoms with Gasteiger partial charge in [-0.2, -0.15) is 0 Å². The molecule has 20 heavy (non-hydrogen) atoms. The van der Waals surface area contributed by atoms with Crippen molar-refractivity contribution in [2.24, 2.45) is 0 Å². The summed E-state index contributed by atoms with van der Waals surface area (Å²) in [5, 5.41) is 5.16. The molecule has 0 fully saturated rings. The average molecular weight is 288 g/mol. The molecule has 2 aromatic rings. The quantitative estimate of drug-likeness (QED) is 0.908. The first kappa shape index (κ1) is 14.6. The molecule has 0 saturated heterocycles. The van der Waals surface area contributed by atoms with E-state index < -0.39 is 0 Å². The Hall–Kier alpha value is -1.81. The normalized spacial score (nSPS) is 10.3. The first-order chi connectivity index (χ1) is 9.65. The highest BCUT2D eigenvalue weighted by atomic mass is 32.1. The van der Waals surface area contributed by atoms with Gasteiger partial charge in [-0.25, -0.2) is 0 Å². The topological polar surface area (TPSA) is 32.3 Å². The highest BCUT2D eigenvalue weighted by Gasteiger charge is 2.15. The van der Waals surface area contributed by atoms with Gasteiger partial charge in [-0.1, -0.05) is 6.07 Å². The Kier molecular flexibility index (Phi) is 4.79. The third-order valence-electron chi connectivity index (χ3n) is 3.34. The van der Waals surface area contributed by atoms with Gasteiger partial charge in [-0.05, 0) is 49.1 Å². The molecule has 0 bridgehead atoms. The van der Waals surface area contributed by atoms with Crippen LogP contribution < -0.4 is 5.32 Å². The number of hydrogen-bond acceptors (Lipinski definition) is 3. The second-order valence-corrected chi connectivity index (χ2v) is 5.71. The molecule has 0 radical (unpaired) electrons. The Balaban J connectivity index is 2.17. The molecule has 0 aliphatic rings. The van der Waals surface area contributed by atoms with Crippen molar-refractivity contribution in [1.82, 2.24) is 4.90 Å². The lowest BCUT2D eigenvalue weighted by Crippen LogP contribution is -2.30. The second-order valence-electron chi connectivity index (χ2n) is 4.68. The van der Waals surface area contributed by atoms with Gasteiger partial charge in [-0.15, -0.1) is 11.3 Å². The average Bonchev–Trinajstić information content (AvgIpc) is 2.97. The molecular formula is C16H20N2OS. The highest BCUT2D eigenvalue weighted by molar-refractivity contribution is 7.09. The molecule has 0 aliphatic heterocycles. The number of hydrogen-bond donors (Lipinski definition) is 1. The summed E-state index contributed by atoms with van der Waals surface area (Å²) in [5.74, 6) is 0.0895. The van der Waals surface area contributed by atoms with Crippen molar-refractivity contribution in [2.75, 3.05) is 18.9 Å². The lowest BCUT2D eigenvalue weighted by molar-refractivity contribution is 0.0754. The van der Waals surface area contributed by atoms with Gasteiger partial charge in [0.25, 0.3) is 5.91 Å². The van der Waals surface area contributed by atoms with E-state index in [-0.39, 0.29) is 5.91 Å². The summed E-state index contributed by atoms with van der Waals surface area (Å²) in [6.07, 6.45) is 0. The molecule has 0 saturated carbocycles. The van der Waals surface area contributed by atoms with Crippen molar-refractivity contribution in [3.8, 4) is 0 Å². The number of rotatable bonds is 5. The molecule has 1 N–H and O–H groups in total. The van der Waals surface area contributed by atoms with Gasteiger partial charge >= 0.3 is 0 Å². The van der Waals surface area contributed by atoms with Crippen LogP contribution in [0.15, 0.2) is 35.7 Å². The van der Waals surface area contributed by atoms with Crippen LogP contribution in [-0.2, 0) is 6.54 Å². The lowest BCUT2D eigenvalue weighted by Gasteiger charge is -2.20. The summed E-state index contributed by atoms with van der Waals surface area (Å²) in [6.45, 7) is 5.42. The van der Waals surface area contributed by atoms with Crippen molar-refractivity contribution in [1.29, 1.82) is 0 Å². The summed E-state index contributed by atoms with van der Waals surface area (Å²) < 4.78 is 0. The number of carbonyl (C=O) groups excluding carboxylic acids is 1. The molecule has 1 amide bonds. The molecular weight excluding hydrogens is 268 g/mol. The smallest absolute Gasteiger partial charge is 0.254 e. The van der Waals surface area contributed by atoms with Crippen molar-refractivity contribution >= 4 is 22.9 Å². The number of carbonyl (C=O) groups is 1. The molecule has 1 aromatic carbocycles. The van der Waals surface area contributed by atoms with Gasteiger partial charge in [-0.3, -0.25) is 4.79 Å². The number of nitrogens with one attached hydrogen (secondary N) is 1. The third-order valence-corrected chi connectivity index (χ3v) is 4.20. The number of benzene rings is 1. The number of thiophene rings is 1. The van der Waals surface area contributed by atoms with Crippen LogP contribution in [0.1, 0.15) is 27.7 Å². The summed E-state index contributed by atoms with van der Waals surface area (Å²) >= 11 is 1.68. The van der Waals surface area contributed by atoms with Gasteiger partial charge in [0.1, 0.15) is 0 Å². The Bertz CT molecular complexity index is 578. The van der Waals surface area contributed by atoms with E-state index in [1.807, 2.05) is 55.4 Å². The van der Waals surface area contributed by atoms with E-state index in [1.165, 1.54) is 4.88 Å². The minimum atomic E-state index is 0.0895. The molecule has 2 rings (SSSR count). The largest absolute Gasteiger partial charge is 0.388 e. The molecule has 0 spiro atoms. The second kappa shape index (κ2) is 6.57. The predicted molar refractivity (Wildman–Crippen MR) is 85.5 cm³/mol. The first-order valence-corrected chi connectivity index (χ1v) is 7.63. The van der Waals surface area contributed by atoms with E-state index in [0.717, 1.165) is 16.8 Å². The summed E-state index contributed by atoms with van der Waals surface area (Å²) in [5.41, 5.74) is 2.90. The number of anilines is 1. The predicted octanol–water partition coefficient (Wildman–Crippen LogP) is 3.76. The van der Waals surface area contributed by atoms with Crippen molar-refractivity contribution < 1.29 is 4.79 Å². The fourth-order valence-electron chi connectivity index (χ4n) is 2.18. The minimum absolute atomic E-state index is 0.0895. The fourth-order valence-corrected chi connectivity index (χ4v) is 2.90. The maximum atomic E-state index is 12.6. The van der Waals surface area contributed by atoms with Crippen molar-refractivity contribution in [2.45, 2.75) is 20.4 Å². The third kappa shape index (κ3) is 3.20. The maximum absolute atomic E-state index is 12.6. The molecule has 0 aliphatic carbocycles. The molecule has 3 nitrogen and oxygen atoms in total. The minimum Gasteiger partial charge on any atom is -0.388 e. The van der Waals surface area contributed by atoms with Crippen LogP contribution in [0, 0.1) is 6.92 Å². The van der Waals surface area contributed by atoms with Crippen LogP contribution in [0.5, 0.6) is 0 Å². The molecule has 0 atom stereocenters. The lowest BCUT2D eigenvalue weighted by atomic mass is 10.1. The van der Waals surface area contributed by atoms with Crippen molar-refractivity contribution in [3.63, 3.8) is 0 Å². The van der Waals surface area contributed by atoms with Crippen LogP contribution in [0.25, 0.3) is 0 Å². The number of aryl methyl sites for hydroxylation is 1. The van der Waals surface area contributed by atoms with Gasteiger partial charge in [0, 0.05) is 29.7 Å². The SMILES string of the molecule is CCN(Cc1cccs1)C(=O)c1ccc(NC)c(C)c1. The Morgan fingerprint density at radius 3 is 2.70 bits per heavy atom. The zero-order chi connectivity index (χ0) is 14.5. The molecule has 0 unspecified atom stereocenters. The van der Waals surface area contributed by atoms with Crippen LogP contribution in [0.3, 0.4) is 0 Å². The molecule has 4 heteroatoms. The molecule has 1 aromatic heterocycles. The van der Waals surface area contributed by atoms with Gasteiger partial charge in [0.2, 0.25) is 0 Å². The summed E-state index contributed by atoms with van der Waals surface area (Å²) in [7, 11) is 1.89. The van der Waals surface area contributed by atoms with Crippen molar-refractivity contribution in [3.05, 3.63) is 51.7 Å². The molecule has 106 valence electrons. The van der Waals surface area contributed by atoms with Crippen LogP contribution in [0.4, 0.5) is 5.69 Å².